The fraction of sp³-hybridized carbons (Fsp3) is 0. The van der Waals surface area contributed by atoms with Gasteiger partial charge in [-0.25, -0.2) is 0 Å². The molecule has 2 nitrogen and oxygen atoms in total. The molecule has 0 saturated carbocycles. The van der Waals surface area contributed by atoms with Gasteiger partial charge in [0.2, 0.25) is 0 Å². The molecule has 0 radical (unpaired) electrons. The van der Waals surface area contributed by atoms with Crippen LogP contribution < -0.4 is 9.80 Å². The zero-order chi connectivity index (χ0) is 41.2. The van der Waals surface area contributed by atoms with E-state index in [2.05, 4.69) is 265 Å². The molecule has 2 heteroatoms. The molecule has 0 saturated heterocycles. The molecule has 0 aliphatic rings. The van der Waals surface area contributed by atoms with Gasteiger partial charge in [0.15, 0.2) is 0 Å². The standard InChI is InChI=1S/C60H42N2/c1-5-19-45(20-6-1)59-54-29-15-16-30-55(54)60(46-21-7-2-8-22-46)57-42-47(34-41-56(57)59)43-32-35-50(36-33-43)61(48-24-9-3-10-25-48)51-37-39-52(40-38-51)62(49-26-11-4-12-27-49)58-31-17-23-44-18-13-14-28-53(44)58/h1-42H. The van der Waals surface area contributed by atoms with Crippen molar-refractivity contribution in [3.63, 3.8) is 0 Å². The third kappa shape index (κ3) is 6.74. The molecule has 0 N–H and O–H groups in total. The third-order valence-electron chi connectivity index (χ3n) is 12.0. The van der Waals surface area contributed by atoms with Gasteiger partial charge in [0.1, 0.15) is 0 Å². The lowest BCUT2D eigenvalue weighted by Crippen LogP contribution is -2.12. The van der Waals surface area contributed by atoms with Crippen molar-refractivity contribution in [3.05, 3.63) is 255 Å². The van der Waals surface area contributed by atoms with Gasteiger partial charge in [-0.15, -0.1) is 0 Å². The minimum atomic E-state index is 1.08. The van der Waals surface area contributed by atoms with E-state index in [1.807, 2.05) is 0 Å². The van der Waals surface area contributed by atoms with E-state index in [4.69, 9.17) is 0 Å². The van der Waals surface area contributed by atoms with Crippen LogP contribution in [0.5, 0.6) is 0 Å². The van der Waals surface area contributed by atoms with Crippen LogP contribution in [0.3, 0.4) is 0 Å². The van der Waals surface area contributed by atoms with Crippen molar-refractivity contribution in [3.8, 4) is 33.4 Å². The van der Waals surface area contributed by atoms with Crippen molar-refractivity contribution in [1.29, 1.82) is 0 Å². The Labute approximate surface area is 362 Å². The van der Waals surface area contributed by atoms with Crippen LogP contribution in [0.25, 0.3) is 65.7 Å². The minimum absolute atomic E-state index is 1.08. The van der Waals surface area contributed by atoms with Crippen LogP contribution in [0.4, 0.5) is 34.1 Å². The summed E-state index contributed by atoms with van der Waals surface area (Å²) >= 11 is 0. The van der Waals surface area contributed by atoms with Crippen molar-refractivity contribution in [2.45, 2.75) is 0 Å². The smallest absolute Gasteiger partial charge is 0.0540 e. The summed E-state index contributed by atoms with van der Waals surface area (Å²) in [4.78, 5) is 4.69. The summed E-state index contributed by atoms with van der Waals surface area (Å²) in [6.45, 7) is 0. The van der Waals surface area contributed by atoms with Crippen molar-refractivity contribution in [2.24, 2.45) is 0 Å². The van der Waals surface area contributed by atoms with E-state index < -0.39 is 0 Å². The van der Waals surface area contributed by atoms with E-state index in [1.165, 1.54) is 65.7 Å². The van der Waals surface area contributed by atoms with Gasteiger partial charge in [-0.05, 0) is 133 Å². The Morgan fingerprint density at radius 1 is 0.210 bits per heavy atom. The Balaban J connectivity index is 1.00. The molecule has 0 heterocycles. The average Bonchev–Trinajstić information content (AvgIpc) is 3.35. The Kier molecular flexibility index (Phi) is 9.57. The lowest BCUT2D eigenvalue weighted by Gasteiger charge is -2.29. The van der Waals surface area contributed by atoms with Crippen molar-refractivity contribution >= 4 is 66.4 Å². The molecule has 0 unspecified atom stereocenters. The number of para-hydroxylation sites is 2. The van der Waals surface area contributed by atoms with Gasteiger partial charge in [0.05, 0.1) is 5.69 Å². The topological polar surface area (TPSA) is 6.48 Å². The van der Waals surface area contributed by atoms with Crippen LogP contribution in [0.2, 0.25) is 0 Å². The highest BCUT2D eigenvalue weighted by atomic mass is 15.2. The van der Waals surface area contributed by atoms with Crippen LogP contribution >= 0.6 is 0 Å². The van der Waals surface area contributed by atoms with Crippen molar-refractivity contribution in [1.82, 2.24) is 0 Å². The van der Waals surface area contributed by atoms with E-state index in [-0.39, 0.29) is 0 Å². The lowest BCUT2D eigenvalue weighted by molar-refractivity contribution is 1.26. The Morgan fingerprint density at radius 3 is 1.18 bits per heavy atom. The first-order valence-corrected chi connectivity index (χ1v) is 21.3. The zero-order valence-corrected chi connectivity index (χ0v) is 34.1. The average molecular weight is 791 g/mol. The van der Waals surface area contributed by atoms with E-state index in [0.29, 0.717) is 0 Å². The molecule has 0 aliphatic heterocycles. The SMILES string of the molecule is c1ccc(-c2c3ccccc3c(-c3ccccc3)c3cc(-c4ccc(N(c5ccccc5)c5ccc(N(c6ccccc6)c6cccc7ccccc67)cc5)cc4)ccc23)cc1. The molecule has 0 bridgehead atoms. The van der Waals surface area contributed by atoms with Gasteiger partial charge < -0.3 is 9.80 Å². The molecule has 62 heavy (non-hydrogen) atoms. The molecule has 0 atom stereocenters. The summed E-state index contributed by atoms with van der Waals surface area (Å²) in [5.41, 5.74) is 13.9. The number of anilines is 6. The highest BCUT2D eigenvalue weighted by Gasteiger charge is 2.20. The summed E-state index contributed by atoms with van der Waals surface area (Å²) in [5.74, 6) is 0. The molecule has 0 fully saturated rings. The van der Waals surface area contributed by atoms with E-state index in [1.54, 1.807) is 0 Å². The molecule has 11 rings (SSSR count). The fourth-order valence-corrected chi connectivity index (χ4v) is 9.18. The van der Waals surface area contributed by atoms with Crippen molar-refractivity contribution in [2.75, 3.05) is 9.80 Å². The number of benzene rings is 11. The van der Waals surface area contributed by atoms with Crippen LogP contribution in [0.1, 0.15) is 0 Å². The molecule has 292 valence electrons. The summed E-state index contributed by atoms with van der Waals surface area (Å²) in [7, 11) is 0. The number of hydrogen-bond donors (Lipinski definition) is 0. The first kappa shape index (κ1) is 36.8. The van der Waals surface area contributed by atoms with Gasteiger partial charge in [-0.3, -0.25) is 0 Å². The van der Waals surface area contributed by atoms with Gasteiger partial charge in [0, 0.05) is 33.8 Å². The Bertz CT molecular complexity index is 3300. The summed E-state index contributed by atoms with van der Waals surface area (Å²) < 4.78 is 0. The summed E-state index contributed by atoms with van der Waals surface area (Å²) in [5, 5.41) is 7.44. The molecule has 11 aromatic carbocycles. The molecule has 0 amide bonds. The molecule has 0 aliphatic carbocycles. The predicted molar refractivity (Wildman–Crippen MR) is 265 cm³/mol. The lowest BCUT2D eigenvalue weighted by atomic mass is 9.85. The first-order valence-electron chi connectivity index (χ1n) is 21.3. The van der Waals surface area contributed by atoms with Crippen LogP contribution in [0.15, 0.2) is 255 Å². The first-order chi connectivity index (χ1) is 30.8. The molecule has 0 spiro atoms. The number of fused-ring (bicyclic) bond motifs is 3. The molecular weight excluding hydrogens is 749 g/mol. The van der Waals surface area contributed by atoms with E-state index in [0.717, 1.165) is 34.1 Å². The summed E-state index contributed by atoms with van der Waals surface area (Å²) in [6, 6.07) is 91.9. The third-order valence-corrected chi connectivity index (χ3v) is 12.0. The van der Waals surface area contributed by atoms with E-state index in [9.17, 15) is 0 Å². The zero-order valence-electron chi connectivity index (χ0n) is 34.1. The number of nitrogens with zero attached hydrogens (tertiary/aromatic N) is 2. The highest BCUT2D eigenvalue weighted by molar-refractivity contribution is 6.22. The number of rotatable bonds is 9. The quantitative estimate of drug-likeness (QED) is 0.134. The molecule has 11 aromatic rings. The van der Waals surface area contributed by atoms with Crippen molar-refractivity contribution < 1.29 is 0 Å². The maximum absolute atomic E-state index is 2.40. The number of hydrogen-bond acceptors (Lipinski definition) is 2. The molecule has 0 aromatic heterocycles. The maximum Gasteiger partial charge on any atom is 0.0540 e. The minimum Gasteiger partial charge on any atom is -0.311 e. The second-order valence-electron chi connectivity index (χ2n) is 15.7. The van der Waals surface area contributed by atoms with Gasteiger partial charge >= 0.3 is 0 Å². The summed E-state index contributed by atoms with van der Waals surface area (Å²) in [6.07, 6.45) is 0. The largest absolute Gasteiger partial charge is 0.311 e. The maximum atomic E-state index is 2.40. The van der Waals surface area contributed by atoms with Gasteiger partial charge in [-0.1, -0.05) is 182 Å². The van der Waals surface area contributed by atoms with Gasteiger partial charge in [-0.2, -0.15) is 0 Å². The monoisotopic (exact) mass is 790 g/mol. The normalized spacial score (nSPS) is 11.2. The van der Waals surface area contributed by atoms with Crippen LogP contribution in [-0.2, 0) is 0 Å². The van der Waals surface area contributed by atoms with Crippen LogP contribution in [-0.4, -0.2) is 0 Å². The Morgan fingerprint density at radius 2 is 0.597 bits per heavy atom. The molecular formula is C60H42N2. The van der Waals surface area contributed by atoms with E-state index >= 15 is 0 Å². The fourth-order valence-electron chi connectivity index (χ4n) is 9.18. The second-order valence-corrected chi connectivity index (χ2v) is 15.7. The Hall–Kier alpha value is -8.20. The predicted octanol–water partition coefficient (Wildman–Crippen LogP) is 17.1. The van der Waals surface area contributed by atoms with Gasteiger partial charge in [0.25, 0.3) is 0 Å². The highest BCUT2D eigenvalue weighted by Crippen LogP contribution is 2.46. The van der Waals surface area contributed by atoms with Crippen LogP contribution in [0, 0.1) is 0 Å². The second kappa shape index (κ2) is 16.1.